The summed E-state index contributed by atoms with van der Waals surface area (Å²) in [5.41, 5.74) is 5.60. The van der Waals surface area contributed by atoms with Crippen molar-refractivity contribution in [2.45, 2.75) is 39.7 Å². The SMILES string of the molecule is CCOCCC(N)=NC(C)(C)C. The molecule has 0 aliphatic rings. The molecule has 0 aromatic carbocycles. The molecule has 0 unspecified atom stereocenters. The van der Waals surface area contributed by atoms with Gasteiger partial charge in [-0.3, -0.25) is 4.99 Å². The van der Waals surface area contributed by atoms with Gasteiger partial charge in [-0.15, -0.1) is 0 Å². The minimum atomic E-state index is -0.0731. The number of nitrogens with zero attached hydrogens (tertiary/aromatic N) is 1. The molecule has 0 spiro atoms. The van der Waals surface area contributed by atoms with Crippen LogP contribution in [0.3, 0.4) is 0 Å². The van der Waals surface area contributed by atoms with Crippen molar-refractivity contribution < 1.29 is 4.74 Å². The van der Waals surface area contributed by atoms with Crippen LogP contribution in [0.2, 0.25) is 0 Å². The van der Waals surface area contributed by atoms with E-state index in [1.54, 1.807) is 0 Å². The monoisotopic (exact) mass is 172 g/mol. The van der Waals surface area contributed by atoms with Crippen LogP contribution in [0.15, 0.2) is 4.99 Å². The van der Waals surface area contributed by atoms with Crippen LogP contribution < -0.4 is 5.73 Å². The minimum absolute atomic E-state index is 0.0731. The number of hydrogen-bond acceptors (Lipinski definition) is 2. The summed E-state index contributed by atoms with van der Waals surface area (Å²) in [7, 11) is 0. The third-order valence-corrected chi connectivity index (χ3v) is 1.19. The molecule has 2 N–H and O–H groups in total. The van der Waals surface area contributed by atoms with Gasteiger partial charge in [-0.25, -0.2) is 0 Å². The lowest BCUT2D eigenvalue weighted by Crippen LogP contribution is -2.21. The van der Waals surface area contributed by atoms with Crippen molar-refractivity contribution in [3.8, 4) is 0 Å². The van der Waals surface area contributed by atoms with Gasteiger partial charge in [0.05, 0.1) is 18.0 Å². The summed E-state index contributed by atoms with van der Waals surface area (Å²) < 4.78 is 5.16. The Morgan fingerprint density at radius 3 is 2.42 bits per heavy atom. The molecule has 0 saturated heterocycles. The van der Waals surface area contributed by atoms with Gasteiger partial charge < -0.3 is 10.5 Å². The summed E-state index contributed by atoms with van der Waals surface area (Å²) in [4.78, 5) is 4.30. The Hall–Kier alpha value is -0.570. The van der Waals surface area contributed by atoms with Gasteiger partial charge in [0.2, 0.25) is 0 Å². The molecule has 3 nitrogen and oxygen atoms in total. The van der Waals surface area contributed by atoms with E-state index in [0.29, 0.717) is 12.4 Å². The number of aliphatic imine (C=N–C) groups is 1. The summed E-state index contributed by atoms with van der Waals surface area (Å²) in [5.74, 6) is 0.677. The molecule has 0 amide bonds. The van der Waals surface area contributed by atoms with Crippen LogP contribution >= 0.6 is 0 Å². The highest BCUT2D eigenvalue weighted by atomic mass is 16.5. The van der Waals surface area contributed by atoms with Crippen molar-refractivity contribution in [2.24, 2.45) is 10.7 Å². The number of amidine groups is 1. The van der Waals surface area contributed by atoms with Gasteiger partial charge in [0.15, 0.2) is 0 Å². The Balaban J connectivity index is 3.71. The second kappa shape index (κ2) is 5.14. The van der Waals surface area contributed by atoms with E-state index in [9.17, 15) is 0 Å². The molecule has 0 bridgehead atoms. The molecule has 0 saturated carbocycles. The summed E-state index contributed by atoms with van der Waals surface area (Å²) in [6, 6.07) is 0. The van der Waals surface area contributed by atoms with E-state index < -0.39 is 0 Å². The van der Waals surface area contributed by atoms with E-state index in [1.807, 2.05) is 27.7 Å². The molecule has 0 heterocycles. The van der Waals surface area contributed by atoms with Crippen LogP contribution in [-0.2, 0) is 4.74 Å². The fraction of sp³-hybridized carbons (Fsp3) is 0.889. The van der Waals surface area contributed by atoms with Gasteiger partial charge in [-0.05, 0) is 27.7 Å². The van der Waals surface area contributed by atoms with Crippen molar-refractivity contribution >= 4 is 5.84 Å². The van der Waals surface area contributed by atoms with Crippen molar-refractivity contribution in [1.29, 1.82) is 0 Å². The summed E-state index contributed by atoms with van der Waals surface area (Å²) in [6.45, 7) is 9.46. The van der Waals surface area contributed by atoms with E-state index in [0.717, 1.165) is 13.0 Å². The van der Waals surface area contributed by atoms with Crippen LogP contribution in [0.25, 0.3) is 0 Å². The zero-order chi connectivity index (χ0) is 9.61. The maximum Gasteiger partial charge on any atom is 0.0966 e. The highest BCUT2D eigenvalue weighted by Gasteiger charge is 2.07. The van der Waals surface area contributed by atoms with E-state index >= 15 is 0 Å². The lowest BCUT2D eigenvalue weighted by molar-refractivity contribution is 0.155. The Morgan fingerprint density at radius 2 is 2.00 bits per heavy atom. The third-order valence-electron chi connectivity index (χ3n) is 1.19. The van der Waals surface area contributed by atoms with Gasteiger partial charge in [-0.1, -0.05) is 0 Å². The first-order valence-electron chi connectivity index (χ1n) is 4.37. The highest BCUT2D eigenvalue weighted by molar-refractivity contribution is 5.80. The molecular formula is C9H20N2O. The molecule has 72 valence electrons. The average Bonchev–Trinajstić information content (AvgIpc) is 1.84. The topological polar surface area (TPSA) is 47.6 Å². The first kappa shape index (κ1) is 11.4. The van der Waals surface area contributed by atoms with Crippen molar-refractivity contribution in [1.82, 2.24) is 0 Å². The van der Waals surface area contributed by atoms with E-state index in [1.165, 1.54) is 0 Å². The molecule has 0 fully saturated rings. The molecule has 0 aromatic rings. The summed E-state index contributed by atoms with van der Waals surface area (Å²) >= 11 is 0. The third kappa shape index (κ3) is 7.54. The molecule has 0 aliphatic carbocycles. The number of rotatable bonds is 4. The van der Waals surface area contributed by atoms with Crippen LogP contribution in [0, 0.1) is 0 Å². The predicted molar refractivity (Wildman–Crippen MR) is 52.5 cm³/mol. The van der Waals surface area contributed by atoms with Crippen LogP contribution in [0.1, 0.15) is 34.1 Å². The summed E-state index contributed by atoms with van der Waals surface area (Å²) in [6.07, 6.45) is 0.727. The van der Waals surface area contributed by atoms with Crippen molar-refractivity contribution in [2.75, 3.05) is 13.2 Å². The quantitative estimate of drug-likeness (QED) is 0.397. The van der Waals surface area contributed by atoms with Crippen LogP contribution in [0.4, 0.5) is 0 Å². The van der Waals surface area contributed by atoms with Gasteiger partial charge >= 0.3 is 0 Å². The first-order valence-corrected chi connectivity index (χ1v) is 4.37. The molecule has 0 radical (unpaired) electrons. The van der Waals surface area contributed by atoms with Crippen molar-refractivity contribution in [3.05, 3.63) is 0 Å². The van der Waals surface area contributed by atoms with Crippen LogP contribution in [0.5, 0.6) is 0 Å². The number of hydrogen-bond donors (Lipinski definition) is 1. The maximum absolute atomic E-state index is 5.67. The largest absolute Gasteiger partial charge is 0.387 e. The normalized spacial score (nSPS) is 13.5. The zero-order valence-electron chi connectivity index (χ0n) is 8.55. The minimum Gasteiger partial charge on any atom is -0.387 e. The molecule has 3 heteroatoms. The fourth-order valence-electron chi connectivity index (χ4n) is 0.808. The van der Waals surface area contributed by atoms with E-state index in [4.69, 9.17) is 10.5 Å². The summed E-state index contributed by atoms with van der Waals surface area (Å²) in [5, 5.41) is 0. The second-order valence-electron chi connectivity index (χ2n) is 3.72. The van der Waals surface area contributed by atoms with Crippen LogP contribution in [-0.4, -0.2) is 24.6 Å². The first-order chi connectivity index (χ1) is 5.45. The van der Waals surface area contributed by atoms with E-state index in [-0.39, 0.29) is 5.54 Å². The van der Waals surface area contributed by atoms with E-state index in [2.05, 4.69) is 4.99 Å². The molecule has 0 aromatic heterocycles. The molecule has 0 rings (SSSR count). The Bertz CT molecular complexity index is 147. The fourth-order valence-corrected chi connectivity index (χ4v) is 0.808. The molecule has 0 atom stereocenters. The lowest BCUT2D eigenvalue weighted by atomic mass is 10.1. The van der Waals surface area contributed by atoms with Gasteiger partial charge in [0.25, 0.3) is 0 Å². The lowest BCUT2D eigenvalue weighted by Gasteiger charge is -2.13. The number of ether oxygens (including phenoxy) is 1. The van der Waals surface area contributed by atoms with Crippen molar-refractivity contribution in [3.63, 3.8) is 0 Å². The molecular weight excluding hydrogens is 152 g/mol. The second-order valence-corrected chi connectivity index (χ2v) is 3.72. The van der Waals surface area contributed by atoms with Gasteiger partial charge in [0.1, 0.15) is 0 Å². The predicted octanol–water partition coefficient (Wildman–Crippen LogP) is 1.57. The highest BCUT2D eigenvalue weighted by Crippen LogP contribution is 2.06. The Labute approximate surface area is 75.0 Å². The number of nitrogens with two attached hydrogens (primary N) is 1. The average molecular weight is 172 g/mol. The maximum atomic E-state index is 5.67. The standard InChI is InChI=1S/C9H20N2O/c1-5-12-7-6-8(10)11-9(2,3)4/h5-7H2,1-4H3,(H2,10,11). The molecule has 0 aliphatic heterocycles. The zero-order valence-corrected chi connectivity index (χ0v) is 8.55. The molecule has 12 heavy (non-hydrogen) atoms. The van der Waals surface area contributed by atoms with Gasteiger partial charge in [0, 0.05) is 13.0 Å². The smallest absolute Gasteiger partial charge is 0.0966 e. The van der Waals surface area contributed by atoms with Gasteiger partial charge in [-0.2, -0.15) is 0 Å². The Kier molecular flexibility index (Phi) is 4.90. The Morgan fingerprint density at radius 1 is 1.42 bits per heavy atom.